The lowest BCUT2D eigenvalue weighted by atomic mass is 10.1. The number of anilines is 4. The minimum Gasteiger partial charge on any atom is -0.399 e. The van der Waals surface area contributed by atoms with E-state index < -0.39 is 0 Å². The molecule has 2 aromatic rings. The van der Waals surface area contributed by atoms with Crippen LogP contribution in [0, 0.1) is 13.8 Å². The average Bonchev–Trinajstić information content (AvgIpc) is 2.53. The zero-order chi connectivity index (χ0) is 16.7. The standard InChI is InChI=1S/C10H16N2.C8H12N2/c1-3-12(4-2)10-7-5-9(11)6-8-10;1-5-6(2)8(10)4-3-7(5)9/h5-8H,3-4,11H2,1-2H3;3-4H,9-10H2,1-2H3. The second-order valence-corrected chi connectivity index (χ2v) is 5.26. The molecule has 120 valence electrons. The molecule has 4 heteroatoms. The van der Waals surface area contributed by atoms with E-state index in [9.17, 15) is 0 Å². The molecule has 2 rings (SSSR count). The van der Waals surface area contributed by atoms with Crippen molar-refractivity contribution in [1.29, 1.82) is 0 Å². The number of nitrogens with two attached hydrogens (primary N) is 3. The van der Waals surface area contributed by atoms with Gasteiger partial charge in [-0.25, -0.2) is 0 Å². The third kappa shape index (κ3) is 4.58. The Hall–Kier alpha value is -2.36. The summed E-state index contributed by atoms with van der Waals surface area (Å²) in [6.45, 7) is 10.3. The van der Waals surface area contributed by atoms with E-state index in [0.29, 0.717) is 0 Å². The van der Waals surface area contributed by atoms with Gasteiger partial charge in [-0.2, -0.15) is 0 Å². The van der Waals surface area contributed by atoms with Gasteiger partial charge in [0.05, 0.1) is 0 Å². The molecule has 22 heavy (non-hydrogen) atoms. The number of hydrogen-bond donors (Lipinski definition) is 3. The molecule has 0 heterocycles. The molecule has 0 aliphatic carbocycles. The lowest BCUT2D eigenvalue weighted by molar-refractivity contribution is 0.866. The maximum atomic E-state index is 5.63. The monoisotopic (exact) mass is 300 g/mol. The van der Waals surface area contributed by atoms with Gasteiger partial charge >= 0.3 is 0 Å². The first-order chi connectivity index (χ1) is 10.4. The van der Waals surface area contributed by atoms with E-state index in [4.69, 9.17) is 17.2 Å². The van der Waals surface area contributed by atoms with E-state index in [2.05, 4.69) is 30.9 Å². The predicted molar refractivity (Wildman–Crippen MR) is 99.2 cm³/mol. The molecule has 0 amide bonds. The van der Waals surface area contributed by atoms with Crippen LogP contribution in [0.2, 0.25) is 0 Å². The van der Waals surface area contributed by atoms with E-state index in [0.717, 1.165) is 41.3 Å². The van der Waals surface area contributed by atoms with Crippen molar-refractivity contribution in [2.45, 2.75) is 27.7 Å². The fourth-order valence-electron chi connectivity index (χ4n) is 2.14. The van der Waals surface area contributed by atoms with Gasteiger partial charge in [-0.1, -0.05) is 0 Å². The van der Waals surface area contributed by atoms with Gasteiger partial charge in [0, 0.05) is 35.8 Å². The Balaban J connectivity index is 0.000000224. The van der Waals surface area contributed by atoms with E-state index in [1.165, 1.54) is 5.69 Å². The summed E-state index contributed by atoms with van der Waals surface area (Å²) < 4.78 is 0. The first-order valence-electron chi connectivity index (χ1n) is 7.62. The smallest absolute Gasteiger partial charge is 0.0367 e. The van der Waals surface area contributed by atoms with Crippen molar-refractivity contribution in [3.8, 4) is 0 Å². The molecule has 4 nitrogen and oxygen atoms in total. The highest BCUT2D eigenvalue weighted by molar-refractivity contribution is 5.60. The van der Waals surface area contributed by atoms with Crippen LogP contribution in [0.4, 0.5) is 22.7 Å². The van der Waals surface area contributed by atoms with Crippen LogP contribution in [-0.2, 0) is 0 Å². The van der Waals surface area contributed by atoms with E-state index in [1.807, 2.05) is 38.1 Å². The van der Waals surface area contributed by atoms with Crippen LogP contribution in [0.1, 0.15) is 25.0 Å². The van der Waals surface area contributed by atoms with Crippen molar-refractivity contribution >= 4 is 22.7 Å². The first kappa shape index (κ1) is 17.7. The number of nitrogen functional groups attached to an aromatic ring is 3. The van der Waals surface area contributed by atoms with Crippen LogP contribution >= 0.6 is 0 Å². The van der Waals surface area contributed by atoms with Gasteiger partial charge in [-0.05, 0) is 75.2 Å². The molecule has 0 atom stereocenters. The summed E-state index contributed by atoms with van der Waals surface area (Å²) in [6.07, 6.45) is 0. The highest BCUT2D eigenvalue weighted by Crippen LogP contribution is 2.20. The molecule has 0 spiro atoms. The average molecular weight is 300 g/mol. The van der Waals surface area contributed by atoms with Gasteiger partial charge < -0.3 is 22.1 Å². The second kappa shape index (κ2) is 8.17. The minimum absolute atomic E-state index is 0.812. The third-order valence-electron chi connectivity index (χ3n) is 3.89. The summed E-state index contributed by atoms with van der Waals surface area (Å²) in [4.78, 5) is 2.29. The van der Waals surface area contributed by atoms with Gasteiger partial charge in [0.25, 0.3) is 0 Å². The molecular formula is C18H28N4. The number of nitrogens with zero attached hydrogens (tertiary/aromatic N) is 1. The summed E-state index contributed by atoms with van der Waals surface area (Å²) >= 11 is 0. The third-order valence-corrected chi connectivity index (χ3v) is 3.89. The Kier molecular flexibility index (Phi) is 6.57. The Morgan fingerprint density at radius 2 is 1.14 bits per heavy atom. The summed E-state index contributed by atoms with van der Waals surface area (Å²) in [5.41, 5.74) is 22.7. The SMILES string of the molecule is CCN(CC)c1ccc(N)cc1.Cc1c(N)ccc(N)c1C. The normalized spacial score (nSPS) is 9.82. The van der Waals surface area contributed by atoms with Crippen LogP contribution in [-0.4, -0.2) is 13.1 Å². The number of hydrogen-bond acceptors (Lipinski definition) is 4. The Bertz CT molecular complexity index is 560. The van der Waals surface area contributed by atoms with Crippen LogP contribution < -0.4 is 22.1 Å². The summed E-state index contributed by atoms with van der Waals surface area (Å²) in [5.74, 6) is 0. The molecule has 0 radical (unpaired) electrons. The maximum Gasteiger partial charge on any atom is 0.0367 e. The van der Waals surface area contributed by atoms with Crippen LogP contribution in [0.15, 0.2) is 36.4 Å². The minimum atomic E-state index is 0.812. The quantitative estimate of drug-likeness (QED) is 0.757. The van der Waals surface area contributed by atoms with Crippen molar-refractivity contribution in [2.75, 3.05) is 35.2 Å². The molecule has 0 aliphatic rings. The van der Waals surface area contributed by atoms with Crippen molar-refractivity contribution in [1.82, 2.24) is 0 Å². The van der Waals surface area contributed by atoms with Crippen LogP contribution in [0.3, 0.4) is 0 Å². The summed E-state index contributed by atoms with van der Waals surface area (Å²) in [7, 11) is 0. The molecule has 0 fully saturated rings. The maximum absolute atomic E-state index is 5.63. The molecule has 0 saturated heterocycles. The molecule has 0 aliphatic heterocycles. The predicted octanol–water partition coefficient (Wildman–Crippen LogP) is 3.58. The topological polar surface area (TPSA) is 81.3 Å². The largest absolute Gasteiger partial charge is 0.399 e. The number of rotatable bonds is 3. The number of benzene rings is 2. The van der Waals surface area contributed by atoms with E-state index in [1.54, 1.807) is 0 Å². The lowest BCUT2D eigenvalue weighted by Crippen LogP contribution is -2.21. The van der Waals surface area contributed by atoms with Gasteiger partial charge in [0.2, 0.25) is 0 Å². The Morgan fingerprint density at radius 1 is 0.727 bits per heavy atom. The molecule has 6 N–H and O–H groups in total. The Labute approximate surface area is 133 Å². The fraction of sp³-hybridized carbons (Fsp3) is 0.333. The zero-order valence-corrected chi connectivity index (χ0v) is 14.1. The van der Waals surface area contributed by atoms with Crippen LogP contribution in [0.25, 0.3) is 0 Å². The first-order valence-corrected chi connectivity index (χ1v) is 7.62. The highest BCUT2D eigenvalue weighted by atomic mass is 15.1. The van der Waals surface area contributed by atoms with Gasteiger partial charge in [0.1, 0.15) is 0 Å². The molecular weight excluding hydrogens is 272 g/mol. The molecule has 2 aromatic carbocycles. The molecule has 0 aromatic heterocycles. The van der Waals surface area contributed by atoms with Crippen molar-refractivity contribution < 1.29 is 0 Å². The molecule has 0 saturated carbocycles. The molecule has 0 unspecified atom stereocenters. The highest BCUT2D eigenvalue weighted by Gasteiger charge is 1.99. The molecule has 0 bridgehead atoms. The van der Waals surface area contributed by atoms with Crippen molar-refractivity contribution in [3.05, 3.63) is 47.5 Å². The van der Waals surface area contributed by atoms with Crippen molar-refractivity contribution in [2.24, 2.45) is 0 Å². The van der Waals surface area contributed by atoms with Crippen molar-refractivity contribution in [3.63, 3.8) is 0 Å². The van der Waals surface area contributed by atoms with Crippen LogP contribution in [0.5, 0.6) is 0 Å². The van der Waals surface area contributed by atoms with E-state index >= 15 is 0 Å². The zero-order valence-electron chi connectivity index (χ0n) is 14.1. The fourth-order valence-corrected chi connectivity index (χ4v) is 2.14. The van der Waals surface area contributed by atoms with Gasteiger partial charge in [0.15, 0.2) is 0 Å². The lowest BCUT2D eigenvalue weighted by Gasteiger charge is -2.20. The van der Waals surface area contributed by atoms with Gasteiger partial charge in [-0.15, -0.1) is 0 Å². The van der Waals surface area contributed by atoms with E-state index in [-0.39, 0.29) is 0 Å². The Morgan fingerprint density at radius 3 is 1.50 bits per heavy atom. The van der Waals surface area contributed by atoms with Gasteiger partial charge in [-0.3, -0.25) is 0 Å². The summed E-state index contributed by atoms with van der Waals surface area (Å²) in [5, 5.41) is 0. The summed E-state index contributed by atoms with van der Waals surface area (Å²) in [6, 6.07) is 11.7. The second-order valence-electron chi connectivity index (χ2n) is 5.26.